The van der Waals surface area contributed by atoms with Crippen LogP contribution in [0.3, 0.4) is 0 Å². The lowest BCUT2D eigenvalue weighted by atomic mass is 10.0. The Morgan fingerprint density at radius 3 is 2.80 bits per heavy atom. The van der Waals surface area contributed by atoms with E-state index in [9.17, 15) is 0 Å². The number of ether oxygens (including phenoxy) is 2. The summed E-state index contributed by atoms with van der Waals surface area (Å²) in [4.78, 5) is -0.325. The van der Waals surface area contributed by atoms with Gasteiger partial charge in [0.25, 0.3) is 0 Å². The smallest absolute Gasteiger partial charge is 0.180 e. The summed E-state index contributed by atoms with van der Waals surface area (Å²) in [6.07, 6.45) is 0.535. The van der Waals surface area contributed by atoms with Crippen LogP contribution in [0.5, 0.6) is 0 Å². The Balaban J connectivity index is 2.34. The largest absolute Gasteiger partial charge is 0.349 e. The Bertz CT molecular complexity index is 116. The van der Waals surface area contributed by atoms with E-state index in [-0.39, 0.29) is 17.2 Å². The van der Waals surface area contributed by atoms with Crippen LogP contribution < -0.4 is 0 Å². The van der Waals surface area contributed by atoms with E-state index in [2.05, 4.69) is 0 Å². The molecule has 1 saturated heterocycles. The molecule has 2 unspecified atom stereocenters. The van der Waals surface area contributed by atoms with Gasteiger partial charge in [-0.2, -0.15) is 0 Å². The van der Waals surface area contributed by atoms with Gasteiger partial charge in [-0.25, -0.2) is 0 Å². The van der Waals surface area contributed by atoms with Crippen molar-refractivity contribution in [2.24, 2.45) is 0 Å². The van der Waals surface area contributed by atoms with Crippen LogP contribution >= 0.6 is 23.2 Å². The Morgan fingerprint density at radius 2 is 2.50 bits per heavy atom. The van der Waals surface area contributed by atoms with Gasteiger partial charge in [0.2, 0.25) is 0 Å². The lowest BCUT2D eigenvalue weighted by Crippen LogP contribution is -2.54. The molecule has 1 fully saturated rings. The Hall–Kier alpha value is 0.500. The van der Waals surface area contributed by atoms with E-state index in [0.29, 0.717) is 6.61 Å². The molecule has 0 saturated carbocycles. The van der Waals surface area contributed by atoms with Crippen LogP contribution in [-0.4, -0.2) is 23.8 Å². The third-order valence-electron chi connectivity index (χ3n) is 1.70. The van der Waals surface area contributed by atoms with Crippen molar-refractivity contribution in [3.8, 4) is 0 Å². The van der Waals surface area contributed by atoms with E-state index in [1.165, 1.54) is 0 Å². The third kappa shape index (κ3) is 1.40. The standard InChI is InChI=1S/C6H10Cl2O2/c1-2-6(8)3-9-5(6)10-4-7/h5H,2-4H2,1H3. The highest BCUT2D eigenvalue weighted by molar-refractivity contribution is 6.25. The molecule has 0 spiro atoms. The summed E-state index contributed by atoms with van der Waals surface area (Å²) in [6, 6.07) is 0.138. The van der Waals surface area contributed by atoms with Crippen molar-refractivity contribution in [3.05, 3.63) is 0 Å². The zero-order valence-electron chi connectivity index (χ0n) is 5.77. The summed E-state index contributed by atoms with van der Waals surface area (Å²) >= 11 is 11.4. The van der Waals surface area contributed by atoms with Crippen LogP contribution in [0.1, 0.15) is 13.3 Å². The number of hydrogen-bond donors (Lipinski definition) is 0. The van der Waals surface area contributed by atoms with E-state index >= 15 is 0 Å². The van der Waals surface area contributed by atoms with Crippen LogP contribution in [0.2, 0.25) is 0 Å². The van der Waals surface area contributed by atoms with Crippen LogP contribution in [0, 0.1) is 0 Å². The number of rotatable bonds is 3. The molecule has 0 aromatic heterocycles. The first kappa shape index (κ1) is 8.60. The minimum Gasteiger partial charge on any atom is -0.349 e. The zero-order chi connectivity index (χ0) is 7.61. The minimum absolute atomic E-state index is 0.138. The molecular formula is C6H10Cl2O2. The lowest BCUT2D eigenvalue weighted by molar-refractivity contribution is -0.237. The van der Waals surface area contributed by atoms with Crippen molar-refractivity contribution >= 4 is 23.2 Å². The molecular weight excluding hydrogens is 175 g/mol. The van der Waals surface area contributed by atoms with Crippen LogP contribution in [0.4, 0.5) is 0 Å². The predicted molar refractivity (Wildman–Crippen MR) is 40.4 cm³/mol. The average Bonchev–Trinajstić information content (AvgIpc) is 1.96. The Labute approximate surface area is 70.4 Å². The molecule has 2 nitrogen and oxygen atoms in total. The second-order valence-corrected chi connectivity index (χ2v) is 3.28. The van der Waals surface area contributed by atoms with Gasteiger partial charge in [-0.3, -0.25) is 0 Å². The van der Waals surface area contributed by atoms with Gasteiger partial charge in [-0.05, 0) is 6.42 Å². The average molecular weight is 185 g/mol. The molecule has 1 aliphatic rings. The predicted octanol–water partition coefficient (Wildman–Crippen LogP) is 1.94. The summed E-state index contributed by atoms with van der Waals surface area (Å²) in [7, 11) is 0. The van der Waals surface area contributed by atoms with Crippen LogP contribution in [-0.2, 0) is 9.47 Å². The maximum absolute atomic E-state index is 6.03. The first-order valence-electron chi connectivity index (χ1n) is 3.21. The molecule has 60 valence electrons. The first-order valence-corrected chi connectivity index (χ1v) is 4.12. The highest BCUT2D eigenvalue weighted by atomic mass is 35.5. The minimum atomic E-state index is -0.325. The van der Waals surface area contributed by atoms with Gasteiger partial charge >= 0.3 is 0 Å². The lowest BCUT2D eigenvalue weighted by Gasteiger charge is -2.42. The molecule has 1 heterocycles. The summed E-state index contributed by atoms with van der Waals surface area (Å²) in [5.41, 5.74) is 0. The van der Waals surface area contributed by atoms with Crippen molar-refractivity contribution in [2.45, 2.75) is 24.5 Å². The van der Waals surface area contributed by atoms with Gasteiger partial charge in [0.05, 0.1) is 6.61 Å². The summed E-state index contributed by atoms with van der Waals surface area (Å²) in [5.74, 6) is 0. The number of alkyl halides is 2. The molecule has 0 aromatic carbocycles. The third-order valence-corrected chi connectivity index (χ3v) is 2.38. The summed E-state index contributed by atoms with van der Waals surface area (Å²) in [6.45, 7) is 2.56. The highest BCUT2D eigenvalue weighted by Crippen LogP contribution is 2.36. The van der Waals surface area contributed by atoms with Crippen molar-refractivity contribution in [3.63, 3.8) is 0 Å². The fourth-order valence-electron chi connectivity index (χ4n) is 0.856. The number of halogens is 2. The molecule has 0 amide bonds. The van der Waals surface area contributed by atoms with Crippen LogP contribution in [0.25, 0.3) is 0 Å². The normalized spacial score (nSPS) is 39.3. The van der Waals surface area contributed by atoms with E-state index < -0.39 is 0 Å². The zero-order valence-corrected chi connectivity index (χ0v) is 7.28. The quantitative estimate of drug-likeness (QED) is 0.625. The van der Waals surface area contributed by atoms with Crippen molar-refractivity contribution in [1.29, 1.82) is 0 Å². The topological polar surface area (TPSA) is 18.5 Å². The van der Waals surface area contributed by atoms with Gasteiger partial charge < -0.3 is 9.47 Å². The fraction of sp³-hybridized carbons (Fsp3) is 1.00. The number of hydrogen-bond acceptors (Lipinski definition) is 2. The van der Waals surface area contributed by atoms with Gasteiger partial charge in [0.1, 0.15) is 10.9 Å². The molecule has 1 rings (SSSR count). The van der Waals surface area contributed by atoms with E-state index in [1.807, 2.05) is 6.92 Å². The van der Waals surface area contributed by atoms with Gasteiger partial charge in [-0.15, -0.1) is 11.6 Å². The second-order valence-electron chi connectivity index (χ2n) is 2.31. The Kier molecular flexibility index (Phi) is 2.81. The first-order chi connectivity index (χ1) is 4.73. The molecule has 2 atom stereocenters. The fourth-order valence-corrected chi connectivity index (χ4v) is 1.16. The van der Waals surface area contributed by atoms with Crippen LogP contribution in [0.15, 0.2) is 0 Å². The monoisotopic (exact) mass is 184 g/mol. The van der Waals surface area contributed by atoms with Gasteiger partial charge in [-0.1, -0.05) is 18.5 Å². The van der Waals surface area contributed by atoms with Gasteiger partial charge in [0, 0.05) is 0 Å². The molecule has 0 radical (unpaired) electrons. The summed E-state index contributed by atoms with van der Waals surface area (Å²) < 4.78 is 10.0. The van der Waals surface area contributed by atoms with E-state index in [1.54, 1.807) is 0 Å². The molecule has 4 heteroatoms. The van der Waals surface area contributed by atoms with E-state index in [4.69, 9.17) is 32.7 Å². The molecule has 0 aliphatic carbocycles. The van der Waals surface area contributed by atoms with Gasteiger partial charge in [0.15, 0.2) is 6.29 Å². The molecule has 0 aromatic rings. The molecule has 1 aliphatic heterocycles. The molecule has 10 heavy (non-hydrogen) atoms. The second kappa shape index (κ2) is 3.26. The molecule has 0 N–H and O–H groups in total. The van der Waals surface area contributed by atoms with E-state index in [0.717, 1.165) is 6.42 Å². The maximum Gasteiger partial charge on any atom is 0.180 e. The Morgan fingerprint density at radius 1 is 1.80 bits per heavy atom. The SMILES string of the molecule is CCC1(Cl)COC1OCCl. The summed E-state index contributed by atoms with van der Waals surface area (Å²) in [5, 5.41) is 0. The van der Waals surface area contributed by atoms with Crippen molar-refractivity contribution < 1.29 is 9.47 Å². The van der Waals surface area contributed by atoms with Crippen molar-refractivity contribution in [1.82, 2.24) is 0 Å². The maximum atomic E-state index is 6.03. The molecule has 0 bridgehead atoms. The van der Waals surface area contributed by atoms with Crippen molar-refractivity contribution in [2.75, 3.05) is 12.7 Å². The highest BCUT2D eigenvalue weighted by Gasteiger charge is 2.46.